The number of anilines is 1. The van der Waals surface area contributed by atoms with Crippen LogP contribution in [0.5, 0.6) is 0 Å². The topological polar surface area (TPSA) is 83.1 Å². The molecule has 4 rings (SSSR count). The van der Waals surface area contributed by atoms with Crippen LogP contribution in [0.25, 0.3) is 0 Å². The van der Waals surface area contributed by atoms with Crippen molar-refractivity contribution in [2.45, 2.75) is 13.0 Å². The van der Waals surface area contributed by atoms with Gasteiger partial charge in [0.1, 0.15) is 0 Å². The van der Waals surface area contributed by atoms with Crippen LogP contribution in [-0.4, -0.2) is 69.4 Å². The molecule has 8 nitrogen and oxygen atoms in total. The minimum atomic E-state index is -0.470. The molecule has 1 atom stereocenters. The molecule has 3 amide bonds. The van der Waals surface area contributed by atoms with Gasteiger partial charge in [-0.05, 0) is 24.6 Å². The van der Waals surface area contributed by atoms with E-state index in [0.29, 0.717) is 37.6 Å². The summed E-state index contributed by atoms with van der Waals surface area (Å²) in [6.45, 7) is 7.17. The maximum Gasteiger partial charge on any atom is 0.319 e. The zero-order chi connectivity index (χ0) is 19.5. The molecule has 2 saturated heterocycles. The van der Waals surface area contributed by atoms with Crippen LogP contribution in [0.15, 0.2) is 35.5 Å². The van der Waals surface area contributed by atoms with E-state index >= 15 is 0 Å². The summed E-state index contributed by atoms with van der Waals surface area (Å²) in [5, 5.41) is 5.65. The Morgan fingerprint density at radius 1 is 1.00 bits per heavy atom. The molecule has 0 aliphatic carbocycles. The summed E-state index contributed by atoms with van der Waals surface area (Å²) >= 11 is 0. The van der Waals surface area contributed by atoms with Gasteiger partial charge in [0, 0.05) is 37.6 Å². The van der Waals surface area contributed by atoms with Gasteiger partial charge in [-0.1, -0.05) is 12.1 Å². The van der Waals surface area contributed by atoms with E-state index in [0.717, 1.165) is 37.6 Å². The maximum atomic E-state index is 13.2. The first-order chi connectivity index (χ1) is 13.6. The predicted molar refractivity (Wildman–Crippen MR) is 104 cm³/mol. The largest absolute Gasteiger partial charge is 0.378 e. The van der Waals surface area contributed by atoms with Crippen molar-refractivity contribution >= 4 is 17.6 Å². The number of carbonyl (C=O) groups excluding carboxylic acids is 2. The Hall–Kier alpha value is -2.58. The number of allylic oxidation sites excluding steroid dienone is 1. The lowest BCUT2D eigenvalue weighted by Crippen LogP contribution is -2.49. The van der Waals surface area contributed by atoms with Gasteiger partial charge in [0.25, 0.3) is 5.91 Å². The lowest BCUT2D eigenvalue weighted by atomic mass is 9.94. The fourth-order valence-electron chi connectivity index (χ4n) is 3.86. The van der Waals surface area contributed by atoms with Crippen LogP contribution in [-0.2, 0) is 14.3 Å². The molecule has 0 saturated carbocycles. The van der Waals surface area contributed by atoms with Gasteiger partial charge < -0.3 is 29.9 Å². The van der Waals surface area contributed by atoms with Gasteiger partial charge in [0.05, 0.1) is 38.0 Å². The van der Waals surface area contributed by atoms with Crippen LogP contribution >= 0.6 is 0 Å². The molecule has 0 aromatic heterocycles. The Labute approximate surface area is 164 Å². The maximum absolute atomic E-state index is 13.2. The second kappa shape index (κ2) is 8.20. The number of rotatable bonds is 3. The van der Waals surface area contributed by atoms with Gasteiger partial charge >= 0.3 is 6.03 Å². The lowest BCUT2D eigenvalue weighted by molar-refractivity contribution is -0.131. The Bertz CT molecular complexity index is 765. The normalized spacial score (nSPS) is 23.3. The van der Waals surface area contributed by atoms with E-state index < -0.39 is 6.04 Å². The van der Waals surface area contributed by atoms with Crippen molar-refractivity contribution in [3.63, 3.8) is 0 Å². The molecular weight excluding hydrogens is 360 g/mol. The van der Waals surface area contributed by atoms with Crippen molar-refractivity contribution in [3.8, 4) is 0 Å². The fraction of sp³-hybridized carbons (Fsp3) is 0.500. The second-order valence-corrected chi connectivity index (χ2v) is 7.17. The number of benzene rings is 1. The number of morpholine rings is 2. The van der Waals surface area contributed by atoms with Crippen molar-refractivity contribution < 1.29 is 19.1 Å². The first-order valence-corrected chi connectivity index (χ1v) is 9.71. The van der Waals surface area contributed by atoms with Crippen molar-refractivity contribution in [2.75, 3.05) is 57.5 Å². The zero-order valence-electron chi connectivity index (χ0n) is 16.1. The molecule has 0 radical (unpaired) electrons. The summed E-state index contributed by atoms with van der Waals surface area (Å²) in [5.41, 5.74) is 3.19. The molecule has 3 aliphatic rings. The number of nitrogens with one attached hydrogen (secondary N) is 2. The first kappa shape index (κ1) is 18.8. The summed E-state index contributed by atoms with van der Waals surface area (Å²) < 4.78 is 10.8. The predicted octanol–water partition coefficient (Wildman–Crippen LogP) is 1.01. The number of ether oxygens (including phenoxy) is 2. The number of hydrogen-bond acceptors (Lipinski definition) is 5. The van der Waals surface area contributed by atoms with Crippen LogP contribution in [0.1, 0.15) is 18.5 Å². The van der Waals surface area contributed by atoms with Crippen LogP contribution in [0.2, 0.25) is 0 Å². The summed E-state index contributed by atoms with van der Waals surface area (Å²) in [5.74, 6) is -0.0597. The molecule has 3 aliphatic heterocycles. The number of amides is 3. The summed E-state index contributed by atoms with van der Waals surface area (Å²) in [7, 11) is 0. The molecule has 1 aromatic carbocycles. The van der Waals surface area contributed by atoms with Gasteiger partial charge in [0.15, 0.2) is 0 Å². The third-order valence-electron chi connectivity index (χ3n) is 5.40. The van der Waals surface area contributed by atoms with Crippen LogP contribution in [0, 0.1) is 0 Å². The fourth-order valence-corrected chi connectivity index (χ4v) is 3.86. The molecular formula is C20H26N4O4. The minimum absolute atomic E-state index is 0.0597. The van der Waals surface area contributed by atoms with E-state index in [1.54, 1.807) is 11.8 Å². The Balaban J connectivity index is 1.59. The minimum Gasteiger partial charge on any atom is -0.378 e. The molecule has 0 spiro atoms. The Morgan fingerprint density at radius 3 is 2.25 bits per heavy atom. The van der Waals surface area contributed by atoms with Crippen LogP contribution in [0.4, 0.5) is 10.5 Å². The quantitative estimate of drug-likeness (QED) is 0.810. The average Bonchev–Trinajstić information content (AvgIpc) is 2.74. The van der Waals surface area contributed by atoms with E-state index in [4.69, 9.17) is 9.47 Å². The van der Waals surface area contributed by atoms with Gasteiger partial charge in [0.2, 0.25) is 0 Å². The summed E-state index contributed by atoms with van der Waals surface area (Å²) in [6, 6.07) is 7.30. The van der Waals surface area contributed by atoms with Crippen molar-refractivity contribution in [1.29, 1.82) is 0 Å². The van der Waals surface area contributed by atoms with E-state index in [2.05, 4.69) is 15.5 Å². The summed E-state index contributed by atoms with van der Waals surface area (Å²) in [6.07, 6.45) is 0. The molecule has 1 aromatic rings. The second-order valence-electron chi connectivity index (χ2n) is 7.17. The zero-order valence-corrected chi connectivity index (χ0v) is 16.1. The molecule has 8 heteroatoms. The average molecular weight is 386 g/mol. The highest BCUT2D eigenvalue weighted by atomic mass is 16.5. The Kier molecular flexibility index (Phi) is 5.50. The molecule has 150 valence electrons. The van der Waals surface area contributed by atoms with E-state index in [9.17, 15) is 9.59 Å². The Morgan fingerprint density at radius 2 is 1.61 bits per heavy atom. The van der Waals surface area contributed by atoms with Gasteiger partial charge in [-0.2, -0.15) is 0 Å². The molecule has 2 fully saturated rings. The van der Waals surface area contributed by atoms with Crippen LogP contribution < -0.4 is 15.5 Å². The first-order valence-electron chi connectivity index (χ1n) is 9.71. The smallest absolute Gasteiger partial charge is 0.319 e. The van der Waals surface area contributed by atoms with E-state index in [1.807, 2.05) is 24.3 Å². The molecule has 2 N–H and O–H groups in total. The number of carbonyl (C=O) groups is 2. The van der Waals surface area contributed by atoms with Gasteiger partial charge in [-0.25, -0.2) is 4.79 Å². The van der Waals surface area contributed by atoms with Crippen molar-refractivity contribution in [1.82, 2.24) is 15.5 Å². The highest BCUT2D eigenvalue weighted by Gasteiger charge is 2.34. The SMILES string of the molecule is CC1=C(C(=O)N2CCOCC2)[C@@H](c2ccc(N3CCOCC3)cc2)NC(=O)N1. The van der Waals surface area contributed by atoms with Gasteiger partial charge in [-0.3, -0.25) is 4.79 Å². The monoisotopic (exact) mass is 386 g/mol. The van der Waals surface area contributed by atoms with Crippen molar-refractivity contribution in [2.24, 2.45) is 0 Å². The molecule has 3 heterocycles. The number of nitrogens with zero attached hydrogens (tertiary/aromatic N) is 2. The highest BCUT2D eigenvalue weighted by molar-refractivity contribution is 5.98. The third kappa shape index (κ3) is 3.83. The van der Waals surface area contributed by atoms with E-state index in [-0.39, 0.29) is 11.9 Å². The number of hydrogen-bond donors (Lipinski definition) is 2. The molecule has 0 unspecified atom stereocenters. The van der Waals surface area contributed by atoms with Gasteiger partial charge in [-0.15, -0.1) is 0 Å². The lowest BCUT2D eigenvalue weighted by Gasteiger charge is -2.34. The summed E-state index contributed by atoms with van der Waals surface area (Å²) in [4.78, 5) is 29.3. The number of urea groups is 1. The third-order valence-corrected chi connectivity index (χ3v) is 5.40. The van der Waals surface area contributed by atoms with Crippen LogP contribution in [0.3, 0.4) is 0 Å². The molecule has 0 bridgehead atoms. The molecule has 28 heavy (non-hydrogen) atoms. The highest BCUT2D eigenvalue weighted by Crippen LogP contribution is 2.30. The standard InChI is InChI=1S/C20H26N4O4/c1-14-17(19(25)24-8-12-28-13-9-24)18(22-20(26)21-14)15-2-4-16(5-3-15)23-6-10-27-11-7-23/h2-5,18H,6-13H2,1H3,(H2,21,22,26)/t18-/m1/s1. The van der Waals surface area contributed by atoms with E-state index in [1.165, 1.54) is 0 Å². The van der Waals surface area contributed by atoms with Crippen molar-refractivity contribution in [3.05, 3.63) is 41.1 Å².